The molecular formula is C11H13BrO3S2. The summed E-state index contributed by atoms with van der Waals surface area (Å²) >= 11 is 4.54. The number of thiophene rings is 1. The van der Waals surface area contributed by atoms with Crippen molar-refractivity contribution in [3.8, 4) is 0 Å². The predicted octanol–water partition coefficient (Wildman–Crippen LogP) is 3.05. The third kappa shape index (κ3) is 3.17. The van der Waals surface area contributed by atoms with Crippen LogP contribution in [0.3, 0.4) is 0 Å². The molecule has 0 amide bonds. The number of hydrogen-bond donors (Lipinski definition) is 0. The van der Waals surface area contributed by atoms with Gasteiger partial charge in [-0.15, -0.1) is 11.3 Å². The van der Waals surface area contributed by atoms with Gasteiger partial charge in [-0.2, -0.15) is 0 Å². The number of carbonyl (C=O) groups excluding carboxylic acids is 1. The molecule has 0 N–H and O–H groups in total. The number of Topliss-reactive ketones (excluding diaryl/α,β-unsaturated/α-hetero) is 1. The van der Waals surface area contributed by atoms with Crippen LogP contribution in [-0.2, 0) is 9.84 Å². The molecule has 3 nitrogen and oxygen atoms in total. The molecule has 0 aliphatic heterocycles. The van der Waals surface area contributed by atoms with Gasteiger partial charge in [-0.05, 0) is 40.9 Å². The lowest BCUT2D eigenvalue weighted by Crippen LogP contribution is -2.25. The lowest BCUT2D eigenvalue weighted by atomic mass is 10.3. The molecule has 17 heavy (non-hydrogen) atoms. The third-order valence-corrected chi connectivity index (χ3v) is 6.81. The molecule has 0 bridgehead atoms. The van der Waals surface area contributed by atoms with Gasteiger partial charge in [0.25, 0.3) is 0 Å². The van der Waals surface area contributed by atoms with Crippen molar-refractivity contribution in [2.45, 2.75) is 30.9 Å². The molecule has 0 radical (unpaired) electrons. The van der Waals surface area contributed by atoms with Crippen molar-refractivity contribution in [2.24, 2.45) is 0 Å². The van der Waals surface area contributed by atoms with E-state index < -0.39 is 9.84 Å². The summed E-state index contributed by atoms with van der Waals surface area (Å²) in [7, 11) is -3.26. The number of rotatable bonds is 4. The largest absolute Gasteiger partial charge is 0.292 e. The first-order valence-electron chi connectivity index (χ1n) is 5.49. The van der Waals surface area contributed by atoms with Gasteiger partial charge in [0, 0.05) is 0 Å². The average Bonchev–Trinajstić information content (AvgIpc) is 2.86. The first-order valence-corrected chi connectivity index (χ1v) is 8.81. The van der Waals surface area contributed by atoms with Crippen LogP contribution in [0.2, 0.25) is 0 Å². The number of carbonyl (C=O) groups is 1. The molecule has 1 aromatic heterocycles. The summed E-state index contributed by atoms with van der Waals surface area (Å²) in [6, 6.07) is 3.43. The fourth-order valence-electron chi connectivity index (χ4n) is 2.08. The van der Waals surface area contributed by atoms with E-state index in [0.717, 1.165) is 16.6 Å². The van der Waals surface area contributed by atoms with E-state index in [2.05, 4.69) is 15.9 Å². The second-order valence-corrected chi connectivity index (χ2v) is 8.98. The molecule has 1 aliphatic carbocycles. The monoisotopic (exact) mass is 336 g/mol. The van der Waals surface area contributed by atoms with Crippen molar-refractivity contribution in [1.29, 1.82) is 0 Å². The minimum atomic E-state index is -3.26. The Hall–Kier alpha value is -0.200. The van der Waals surface area contributed by atoms with Gasteiger partial charge in [-0.3, -0.25) is 4.79 Å². The SMILES string of the molecule is O=C(CS(=O)(=O)C1CCCC1)c1ccc(Br)s1. The van der Waals surface area contributed by atoms with Gasteiger partial charge in [-0.25, -0.2) is 8.42 Å². The summed E-state index contributed by atoms with van der Waals surface area (Å²) in [6.45, 7) is 0. The molecule has 94 valence electrons. The number of ketones is 1. The third-order valence-electron chi connectivity index (χ3n) is 2.99. The molecular weight excluding hydrogens is 324 g/mol. The van der Waals surface area contributed by atoms with E-state index in [1.807, 2.05) is 0 Å². The Kier molecular flexibility index (Phi) is 4.05. The lowest BCUT2D eigenvalue weighted by molar-refractivity contribution is 0.102. The molecule has 2 rings (SSSR count). The first kappa shape index (κ1) is 13.2. The predicted molar refractivity (Wildman–Crippen MR) is 72.4 cm³/mol. The van der Waals surface area contributed by atoms with Crippen molar-refractivity contribution < 1.29 is 13.2 Å². The molecule has 1 heterocycles. The van der Waals surface area contributed by atoms with E-state index >= 15 is 0 Å². The van der Waals surface area contributed by atoms with Crippen molar-refractivity contribution in [3.05, 3.63) is 20.8 Å². The summed E-state index contributed by atoms with van der Waals surface area (Å²) in [4.78, 5) is 12.4. The summed E-state index contributed by atoms with van der Waals surface area (Å²) in [5.41, 5.74) is 0. The van der Waals surface area contributed by atoms with Gasteiger partial charge in [-0.1, -0.05) is 12.8 Å². The Labute approximate surface area is 113 Å². The van der Waals surface area contributed by atoms with Crippen LogP contribution < -0.4 is 0 Å². The zero-order valence-corrected chi connectivity index (χ0v) is 12.4. The molecule has 1 aliphatic rings. The Balaban J connectivity index is 2.08. The van der Waals surface area contributed by atoms with Crippen LogP contribution in [0.1, 0.15) is 35.4 Å². The lowest BCUT2D eigenvalue weighted by Gasteiger charge is -2.09. The molecule has 0 aromatic carbocycles. The maximum Gasteiger partial charge on any atom is 0.187 e. The van der Waals surface area contributed by atoms with E-state index in [1.165, 1.54) is 11.3 Å². The van der Waals surface area contributed by atoms with Crippen molar-refractivity contribution in [2.75, 3.05) is 5.75 Å². The Morgan fingerprint density at radius 3 is 2.53 bits per heavy atom. The molecule has 1 fully saturated rings. The smallest absolute Gasteiger partial charge is 0.187 e. The van der Waals surface area contributed by atoms with E-state index in [-0.39, 0.29) is 16.8 Å². The highest BCUT2D eigenvalue weighted by Gasteiger charge is 2.31. The maximum atomic E-state index is 12.0. The highest BCUT2D eigenvalue weighted by atomic mass is 79.9. The van der Waals surface area contributed by atoms with Crippen molar-refractivity contribution >= 4 is 42.9 Å². The summed E-state index contributed by atoms with van der Waals surface area (Å²) in [6.07, 6.45) is 3.35. The second kappa shape index (κ2) is 5.20. The normalized spacial score (nSPS) is 17.5. The summed E-state index contributed by atoms with van der Waals surface area (Å²) in [5.74, 6) is -0.627. The molecule has 0 saturated heterocycles. The fourth-order valence-corrected chi connectivity index (χ4v) is 5.31. The second-order valence-electron chi connectivity index (χ2n) is 4.24. The number of halogens is 1. The zero-order chi connectivity index (χ0) is 12.5. The van der Waals surface area contributed by atoms with E-state index in [0.29, 0.717) is 17.7 Å². The average molecular weight is 337 g/mol. The van der Waals surface area contributed by atoms with Gasteiger partial charge in [0.15, 0.2) is 15.6 Å². The fraction of sp³-hybridized carbons (Fsp3) is 0.545. The molecule has 0 unspecified atom stereocenters. The van der Waals surface area contributed by atoms with Crippen LogP contribution >= 0.6 is 27.3 Å². The van der Waals surface area contributed by atoms with E-state index in [4.69, 9.17) is 0 Å². The zero-order valence-electron chi connectivity index (χ0n) is 9.19. The van der Waals surface area contributed by atoms with Crippen molar-refractivity contribution in [3.63, 3.8) is 0 Å². The summed E-state index contributed by atoms with van der Waals surface area (Å²) < 4.78 is 24.8. The standard InChI is InChI=1S/C11H13BrO3S2/c12-11-6-5-10(16-11)9(13)7-17(14,15)8-3-1-2-4-8/h5-6,8H,1-4,7H2. The van der Waals surface area contributed by atoms with Crippen molar-refractivity contribution in [1.82, 2.24) is 0 Å². The van der Waals surface area contributed by atoms with E-state index in [9.17, 15) is 13.2 Å². The highest BCUT2D eigenvalue weighted by molar-refractivity contribution is 9.11. The minimum Gasteiger partial charge on any atom is -0.292 e. The Morgan fingerprint density at radius 1 is 1.35 bits per heavy atom. The first-order chi connectivity index (χ1) is 7.99. The van der Waals surface area contributed by atoms with E-state index in [1.54, 1.807) is 12.1 Å². The molecule has 6 heteroatoms. The van der Waals surface area contributed by atoms with Crippen LogP contribution in [0.5, 0.6) is 0 Å². The van der Waals surface area contributed by atoms with Gasteiger partial charge in [0.05, 0.1) is 13.9 Å². The van der Waals surface area contributed by atoms with Crippen LogP contribution in [0.25, 0.3) is 0 Å². The van der Waals surface area contributed by atoms with Gasteiger partial charge >= 0.3 is 0 Å². The van der Waals surface area contributed by atoms with Gasteiger partial charge < -0.3 is 0 Å². The van der Waals surface area contributed by atoms with Gasteiger partial charge in [0.1, 0.15) is 5.75 Å². The Bertz CT molecular complexity index is 513. The molecule has 1 aromatic rings. The number of hydrogen-bond acceptors (Lipinski definition) is 4. The topological polar surface area (TPSA) is 51.2 Å². The van der Waals surface area contributed by atoms with Gasteiger partial charge in [0.2, 0.25) is 0 Å². The highest BCUT2D eigenvalue weighted by Crippen LogP contribution is 2.27. The maximum absolute atomic E-state index is 12.0. The molecule has 1 saturated carbocycles. The van der Waals surface area contributed by atoms with Crippen LogP contribution in [0, 0.1) is 0 Å². The summed E-state index contributed by atoms with van der Waals surface area (Å²) in [5, 5.41) is -0.296. The quantitative estimate of drug-likeness (QED) is 0.794. The Morgan fingerprint density at radius 2 is 2.00 bits per heavy atom. The van der Waals surface area contributed by atoms with Crippen LogP contribution in [0.15, 0.2) is 15.9 Å². The minimum absolute atomic E-state index is 0.285. The number of sulfone groups is 1. The molecule has 0 spiro atoms. The molecule has 0 atom stereocenters. The van der Waals surface area contributed by atoms with Crippen LogP contribution in [0.4, 0.5) is 0 Å². The van der Waals surface area contributed by atoms with Crippen LogP contribution in [-0.4, -0.2) is 25.2 Å².